The molecule has 0 saturated heterocycles. The second-order valence-electron chi connectivity index (χ2n) is 3.11. The van der Waals surface area contributed by atoms with E-state index in [0.29, 0.717) is 5.15 Å². The highest BCUT2D eigenvalue weighted by molar-refractivity contribution is 6.30. The summed E-state index contributed by atoms with van der Waals surface area (Å²) in [5, 5.41) is 0.596. The van der Waals surface area contributed by atoms with Gasteiger partial charge in [0.25, 0.3) is 0 Å². The number of rotatable bonds is 3. The number of nitrogens with two attached hydrogens (primary N) is 1. The molecule has 0 aliphatic carbocycles. The first-order valence-electron chi connectivity index (χ1n) is 4.02. The quantitative estimate of drug-likeness (QED) is 0.777. The first-order chi connectivity index (χ1) is 5.61. The van der Waals surface area contributed by atoms with Crippen molar-refractivity contribution in [2.24, 2.45) is 12.8 Å². The fourth-order valence-electron chi connectivity index (χ4n) is 1.07. The number of aromatic nitrogens is 2. The molecule has 1 aromatic heterocycles. The lowest BCUT2D eigenvalue weighted by atomic mass is 10.1. The van der Waals surface area contributed by atoms with E-state index in [2.05, 4.69) is 4.98 Å². The fourth-order valence-corrected chi connectivity index (χ4v) is 1.34. The van der Waals surface area contributed by atoms with Gasteiger partial charge in [-0.25, -0.2) is 4.98 Å². The van der Waals surface area contributed by atoms with Crippen LogP contribution in [0.15, 0.2) is 6.33 Å². The Morgan fingerprint density at radius 2 is 2.42 bits per heavy atom. The molecular weight excluding hydrogens is 174 g/mol. The standard InChI is InChI=1S/C8H14ClN3/c1-6(10)3-4-7-8(9)11-5-12(7)2/h5-6H,3-4,10H2,1-2H3/t6-/m0/s1. The Morgan fingerprint density at radius 1 is 1.75 bits per heavy atom. The molecule has 0 aliphatic rings. The van der Waals surface area contributed by atoms with Crippen molar-refractivity contribution in [3.63, 3.8) is 0 Å². The van der Waals surface area contributed by atoms with Crippen molar-refractivity contribution in [1.82, 2.24) is 9.55 Å². The molecule has 0 aliphatic heterocycles. The second kappa shape index (κ2) is 3.92. The third-order valence-electron chi connectivity index (χ3n) is 1.84. The van der Waals surface area contributed by atoms with Crippen molar-refractivity contribution in [2.75, 3.05) is 0 Å². The summed E-state index contributed by atoms with van der Waals surface area (Å²) in [6, 6.07) is 0.218. The molecule has 3 nitrogen and oxygen atoms in total. The summed E-state index contributed by atoms with van der Waals surface area (Å²) in [6.07, 6.45) is 3.56. The lowest BCUT2D eigenvalue weighted by Gasteiger charge is -2.05. The SMILES string of the molecule is C[C@H](N)CCc1c(Cl)ncn1C. The van der Waals surface area contributed by atoms with Crippen molar-refractivity contribution in [1.29, 1.82) is 0 Å². The molecule has 0 fully saturated rings. The molecule has 12 heavy (non-hydrogen) atoms. The predicted molar refractivity (Wildman–Crippen MR) is 50.2 cm³/mol. The average molecular weight is 188 g/mol. The summed E-state index contributed by atoms with van der Waals surface area (Å²) in [5.74, 6) is 0. The molecule has 0 aromatic carbocycles. The molecule has 0 bridgehead atoms. The minimum absolute atomic E-state index is 0.218. The maximum atomic E-state index is 5.86. The van der Waals surface area contributed by atoms with Crippen LogP contribution >= 0.6 is 11.6 Å². The summed E-state index contributed by atoms with van der Waals surface area (Å²) in [6.45, 7) is 1.99. The van der Waals surface area contributed by atoms with Crippen LogP contribution in [0.2, 0.25) is 5.15 Å². The van der Waals surface area contributed by atoms with Crippen LogP contribution in [0.1, 0.15) is 19.0 Å². The normalized spacial score (nSPS) is 13.3. The maximum absolute atomic E-state index is 5.86. The van der Waals surface area contributed by atoms with Crippen LogP contribution in [0.25, 0.3) is 0 Å². The third-order valence-corrected chi connectivity index (χ3v) is 2.16. The van der Waals surface area contributed by atoms with Gasteiger partial charge in [0, 0.05) is 13.1 Å². The summed E-state index contributed by atoms with van der Waals surface area (Å²) >= 11 is 5.86. The molecule has 0 amide bonds. The van der Waals surface area contributed by atoms with E-state index < -0.39 is 0 Å². The summed E-state index contributed by atoms with van der Waals surface area (Å²) in [5.41, 5.74) is 6.70. The van der Waals surface area contributed by atoms with E-state index in [1.165, 1.54) is 0 Å². The van der Waals surface area contributed by atoms with Gasteiger partial charge in [-0.2, -0.15) is 0 Å². The van der Waals surface area contributed by atoms with Crippen LogP contribution in [0.3, 0.4) is 0 Å². The van der Waals surface area contributed by atoms with Gasteiger partial charge in [-0.05, 0) is 19.8 Å². The highest BCUT2D eigenvalue weighted by atomic mass is 35.5. The van der Waals surface area contributed by atoms with Gasteiger partial charge >= 0.3 is 0 Å². The lowest BCUT2D eigenvalue weighted by molar-refractivity contribution is 0.644. The highest BCUT2D eigenvalue weighted by Crippen LogP contribution is 2.14. The van der Waals surface area contributed by atoms with Crippen molar-refractivity contribution < 1.29 is 0 Å². The van der Waals surface area contributed by atoms with Crippen LogP contribution in [0, 0.1) is 0 Å². The van der Waals surface area contributed by atoms with Gasteiger partial charge in [0.2, 0.25) is 0 Å². The second-order valence-corrected chi connectivity index (χ2v) is 3.47. The number of halogens is 1. The van der Waals surface area contributed by atoms with Crippen LogP contribution in [-0.4, -0.2) is 15.6 Å². The Balaban J connectivity index is 2.62. The Hall–Kier alpha value is -0.540. The zero-order valence-corrected chi connectivity index (χ0v) is 8.17. The number of nitrogens with zero attached hydrogens (tertiary/aromatic N) is 2. The minimum atomic E-state index is 0.218. The molecule has 2 N–H and O–H groups in total. The number of imidazole rings is 1. The number of hydrogen-bond acceptors (Lipinski definition) is 2. The molecule has 0 spiro atoms. The molecule has 1 rings (SSSR count). The van der Waals surface area contributed by atoms with Crippen LogP contribution in [0.4, 0.5) is 0 Å². The Kier molecular flexibility index (Phi) is 3.12. The molecule has 1 aromatic rings. The van der Waals surface area contributed by atoms with E-state index in [0.717, 1.165) is 18.5 Å². The summed E-state index contributed by atoms with van der Waals surface area (Å²) in [7, 11) is 1.94. The van der Waals surface area contributed by atoms with E-state index in [-0.39, 0.29) is 6.04 Å². The molecule has 4 heteroatoms. The Labute approximate surface area is 77.5 Å². The van der Waals surface area contributed by atoms with Crippen molar-refractivity contribution >= 4 is 11.6 Å². The van der Waals surface area contributed by atoms with Gasteiger partial charge in [-0.3, -0.25) is 0 Å². The summed E-state index contributed by atoms with van der Waals surface area (Å²) in [4.78, 5) is 3.98. The topological polar surface area (TPSA) is 43.8 Å². The number of hydrogen-bond donors (Lipinski definition) is 1. The van der Waals surface area contributed by atoms with Crippen molar-refractivity contribution in [2.45, 2.75) is 25.8 Å². The van der Waals surface area contributed by atoms with Gasteiger partial charge in [0.15, 0.2) is 0 Å². The first-order valence-corrected chi connectivity index (χ1v) is 4.40. The average Bonchev–Trinajstić information content (AvgIpc) is 2.28. The third kappa shape index (κ3) is 2.22. The maximum Gasteiger partial charge on any atom is 0.150 e. The van der Waals surface area contributed by atoms with Gasteiger partial charge in [0.05, 0.1) is 12.0 Å². The fraction of sp³-hybridized carbons (Fsp3) is 0.625. The molecular formula is C8H14ClN3. The number of aryl methyl sites for hydroxylation is 1. The monoisotopic (exact) mass is 187 g/mol. The van der Waals surface area contributed by atoms with Crippen LogP contribution in [-0.2, 0) is 13.5 Å². The largest absolute Gasteiger partial charge is 0.336 e. The zero-order chi connectivity index (χ0) is 9.14. The van der Waals surface area contributed by atoms with E-state index in [1.807, 2.05) is 18.5 Å². The predicted octanol–water partition coefficient (Wildman–Crippen LogP) is 1.35. The smallest absolute Gasteiger partial charge is 0.150 e. The van der Waals surface area contributed by atoms with Gasteiger partial charge in [-0.1, -0.05) is 11.6 Å². The lowest BCUT2D eigenvalue weighted by Crippen LogP contribution is -2.16. The van der Waals surface area contributed by atoms with Crippen molar-refractivity contribution in [3.05, 3.63) is 17.2 Å². The van der Waals surface area contributed by atoms with Crippen molar-refractivity contribution in [3.8, 4) is 0 Å². The van der Waals surface area contributed by atoms with Crippen LogP contribution in [0.5, 0.6) is 0 Å². The van der Waals surface area contributed by atoms with Gasteiger partial charge in [-0.15, -0.1) is 0 Å². The molecule has 0 saturated carbocycles. The Morgan fingerprint density at radius 3 is 2.83 bits per heavy atom. The van der Waals surface area contributed by atoms with E-state index in [1.54, 1.807) is 6.33 Å². The zero-order valence-electron chi connectivity index (χ0n) is 7.42. The van der Waals surface area contributed by atoms with Crippen LogP contribution < -0.4 is 5.73 Å². The van der Waals surface area contributed by atoms with E-state index in [9.17, 15) is 0 Å². The summed E-state index contributed by atoms with van der Waals surface area (Å²) < 4.78 is 1.94. The highest BCUT2D eigenvalue weighted by Gasteiger charge is 2.06. The minimum Gasteiger partial charge on any atom is -0.336 e. The molecule has 1 atom stereocenters. The molecule has 0 unspecified atom stereocenters. The van der Waals surface area contributed by atoms with E-state index >= 15 is 0 Å². The molecule has 68 valence electrons. The first kappa shape index (κ1) is 9.55. The van der Waals surface area contributed by atoms with E-state index in [4.69, 9.17) is 17.3 Å². The van der Waals surface area contributed by atoms with Gasteiger partial charge in [0.1, 0.15) is 5.15 Å². The molecule has 0 radical (unpaired) electrons. The molecule has 1 heterocycles. The Bertz CT molecular complexity index is 235. The van der Waals surface area contributed by atoms with Gasteiger partial charge < -0.3 is 10.3 Å².